The Balaban J connectivity index is 2.50. The van der Waals surface area contributed by atoms with Crippen LogP contribution < -0.4 is 11.1 Å². The van der Waals surface area contributed by atoms with E-state index in [0.29, 0.717) is 12.3 Å². The highest BCUT2D eigenvalue weighted by atomic mass is 16.4. The van der Waals surface area contributed by atoms with Gasteiger partial charge in [0, 0.05) is 6.92 Å². The summed E-state index contributed by atoms with van der Waals surface area (Å²) in [4.78, 5) is 21.1. The monoisotopic (exact) mass is 183 g/mol. The fourth-order valence-electron chi connectivity index (χ4n) is 0.618. The van der Waals surface area contributed by atoms with E-state index in [2.05, 4.69) is 15.5 Å². The van der Waals surface area contributed by atoms with Crippen LogP contribution in [0.3, 0.4) is 0 Å². The van der Waals surface area contributed by atoms with E-state index in [-0.39, 0.29) is 6.01 Å². The smallest absolute Gasteiger partial charge is 0.322 e. The van der Waals surface area contributed by atoms with Crippen molar-refractivity contribution < 1.29 is 14.0 Å². The van der Waals surface area contributed by atoms with Gasteiger partial charge in [0.05, 0.1) is 0 Å². The van der Waals surface area contributed by atoms with Gasteiger partial charge in [-0.05, 0) is 0 Å². The number of rotatable bonds is 3. The Morgan fingerprint density at radius 2 is 2.23 bits per heavy atom. The van der Waals surface area contributed by atoms with Crippen LogP contribution in [0.5, 0.6) is 0 Å². The number of amides is 2. The number of anilines is 1. The first-order valence-electron chi connectivity index (χ1n) is 3.33. The van der Waals surface area contributed by atoms with Crippen molar-refractivity contribution in [3.8, 4) is 0 Å². The van der Waals surface area contributed by atoms with Gasteiger partial charge in [0.15, 0.2) is 0 Å². The molecule has 7 heteroatoms. The first-order chi connectivity index (χ1) is 6.08. The molecule has 0 aliphatic carbocycles. The lowest BCUT2D eigenvalue weighted by Crippen LogP contribution is -2.22. The number of aryl methyl sites for hydroxylation is 1. The van der Waals surface area contributed by atoms with Crippen molar-refractivity contribution in [2.75, 3.05) is 5.32 Å². The molecule has 0 spiro atoms. The van der Waals surface area contributed by atoms with E-state index in [0.717, 1.165) is 0 Å². The van der Waals surface area contributed by atoms with Crippen LogP contribution in [0.2, 0.25) is 0 Å². The summed E-state index contributed by atoms with van der Waals surface area (Å²) in [6.45, 7) is 1.57. The topological polar surface area (TPSA) is 111 Å². The standard InChI is InChI=1S/C6H7N4O3/c1-3-9-10-6(13-3)8-5(12)2-4(7)11/h2H,1H3,(H2,7,11)(H,8,10,12). The fourth-order valence-corrected chi connectivity index (χ4v) is 0.618. The molecule has 1 heterocycles. The SMILES string of the molecule is Cc1nnc(NC(=O)[CH]C(N)=O)o1. The van der Waals surface area contributed by atoms with Gasteiger partial charge in [-0.25, -0.2) is 0 Å². The second-order valence-corrected chi connectivity index (χ2v) is 2.16. The largest absolute Gasteiger partial charge is 0.408 e. The zero-order valence-corrected chi connectivity index (χ0v) is 6.77. The summed E-state index contributed by atoms with van der Waals surface area (Å²) in [7, 11) is 0. The van der Waals surface area contributed by atoms with Gasteiger partial charge in [-0.15, -0.1) is 5.10 Å². The summed E-state index contributed by atoms with van der Waals surface area (Å²) >= 11 is 0. The number of carbonyl (C=O) groups is 2. The third-order valence-corrected chi connectivity index (χ3v) is 1.03. The molecule has 13 heavy (non-hydrogen) atoms. The molecule has 1 rings (SSSR count). The minimum absolute atomic E-state index is 0.0694. The van der Waals surface area contributed by atoms with Gasteiger partial charge in [-0.2, -0.15) is 0 Å². The van der Waals surface area contributed by atoms with E-state index >= 15 is 0 Å². The zero-order chi connectivity index (χ0) is 9.84. The Kier molecular flexibility index (Phi) is 2.58. The van der Waals surface area contributed by atoms with Gasteiger partial charge >= 0.3 is 6.01 Å². The molecule has 1 aromatic heterocycles. The van der Waals surface area contributed by atoms with Crippen molar-refractivity contribution >= 4 is 17.8 Å². The van der Waals surface area contributed by atoms with E-state index in [4.69, 9.17) is 10.2 Å². The molecule has 0 aliphatic heterocycles. The van der Waals surface area contributed by atoms with Crippen molar-refractivity contribution in [1.82, 2.24) is 10.2 Å². The number of hydrogen-bond acceptors (Lipinski definition) is 5. The van der Waals surface area contributed by atoms with E-state index in [1.54, 1.807) is 6.92 Å². The average molecular weight is 183 g/mol. The first kappa shape index (κ1) is 9.17. The summed E-state index contributed by atoms with van der Waals surface area (Å²) in [5, 5.41) is 9.09. The van der Waals surface area contributed by atoms with Gasteiger partial charge in [0.1, 0.15) is 6.42 Å². The molecule has 0 unspecified atom stereocenters. The maximum absolute atomic E-state index is 10.8. The number of nitrogens with two attached hydrogens (primary N) is 1. The summed E-state index contributed by atoms with van der Waals surface area (Å²) in [5.41, 5.74) is 4.73. The predicted octanol–water partition coefficient (Wildman–Crippen LogP) is -0.994. The molecule has 2 amide bonds. The van der Waals surface area contributed by atoms with Crippen LogP contribution in [-0.4, -0.2) is 22.0 Å². The van der Waals surface area contributed by atoms with Gasteiger partial charge in [0.2, 0.25) is 17.7 Å². The maximum atomic E-state index is 10.8. The molecule has 0 aliphatic rings. The molecule has 0 aromatic carbocycles. The molecule has 0 atom stereocenters. The predicted molar refractivity (Wildman–Crippen MR) is 41.2 cm³/mol. The third kappa shape index (κ3) is 2.89. The normalized spacial score (nSPS) is 9.62. The van der Waals surface area contributed by atoms with Crippen molar-refractivity contribution in [1.29, 1.82) is 0 Å². The molecule has 0 saturated heterocycles. The number of primary amides is 1. The zero-order valence-electron chi connectivity index (χ0n) is 6.77. The molecule has 1 radical (unpaired) electrons. The number of hydrogen-bond donors (Lipinski definition) is 2. The Labute approximate surface area is 73.3 Å². The number of nitrogens with one attached hydrogen (secondary N) is 1. The first-order valence-corrected chi connectivity index (χ1v) is 3.33. The highest BCUT2D eigenvalue weighted by Gasteiger charge is 2.10. The molecule has 69 valence electrons. The maximum Gasteiger partial charge on any atom is 0.322 e. The second-order valence-electron chi connectivity index (χ2n) is 2.16. The Hall–Kier alpha value is -1.92. The van der Waals surface area contributed by atoms with Gasteiger partial charge < -0.3 is 10.2 Å². The number of carbonyl (C=O) groups excluding carboxylic acids is 2. The van der Waals surface area contributed by atoms with Gasteiger partial charge in [0.25, 0.3) is 0 Å². The van der Waals surface area contributed by atoms with E-state index in [1.807, 2.05) is 0 Å². The number of nitrogens with zero attached hydrogens (tertiary/aromatic N) is 2. The number of aromatic nitrogens is 2. The van der Waals surface area contributed by atoms with Crippen LogP contribution in [0.25, 0.3) is 0 Å². The molecule has 1 aromatic rings. The lowest BCUT2D eigenvalue weighted by atomic mass is 10.4. The minimum Gasteiger partial charge on any atom is -0.408 e. The highest BCUT2D eigenvalue weighted by molar-refractivity contribution is 6.12. The van der Waals surface area contributed by atoms with E-state index < -0.39 is 11.8 Å². The molecule has 3 N–H and O–H groups in total. The van der Waals surface area contributed by atoms with Crippen molar-refractivity contribution in [3.05, 3.63) is 12.3 Å². The van der Waals surface area contributed by atoms with Crippen LogP contribution in [0.1, 0.15) is 5.89 Å². The summed E-state index contributed by atoms with van der Waals surface area (Å²) in [6.07, 6.45) is 0.680. The molecule has 0 bridgehead atoms. The van der Waals surface area contributed by atoms with Gasteiger partial charge in [-0.1, -0.05) is 5.10 Å². The van der Waals surface area contributed by atoms with E-state index in [1.165, 1.54) is 0 Å². The molecule has 0 fully saturated rings. The molecule has 0 saturated carbocycles. The van der Waals surface area contributed by atoms with Crippen LogP contribution >= 0.6 is 0 Å². The molecule has 7 nitrogen and oxygen atoms in total. The lowest BCUT2D eigenvalue weighted by molar-refractivity contribution is -0.120. The second kappa shape index (κ2) is 3.65. The van der Waals surface area contributed by atoms with Crippen LogP contribution in [0, 0.1) is 13.3 Å². The third-order valence-electron chi connectivity index (χ3n) is 1.03. The van der Waals surface area contributed by atoms with E-state index in [9.17, 15) is 9.59 Å². The van der Waals surface area contributed by atoms with Crippen LogP contribution in [-0.2, 0) is 9.59 Å². The quantitative estimate of drug-likeness (QED) is 0.584. The average Bonchev–Trinajstić information content (AvgIpc) is 2.33. The van der Waals surface area contributed by atoms with Crippen LogP contribution in [0.15, 0.2) is 4.42 Å². The summed E-state index contributed by atoms with van der Waals surface area (Å²) in [6, 6.07) is -0.0694. The van der Waals surface area contributed by atoms with Crippen LogP contribution in [0.4, 0.5) is 6.01 Å². The van der Waals surface area contributed by atoms with Gasteiger partial charge in [-0.3, -0.25) is 14.9 Å². The Bertz CT molecular complexity index is 332. The van der Waals surface area contributed by atoms with Crippen molar-refractivity contribution in [3.63, 3.8) is 0 Å². The summed E-state index contributed by atoms with van der Waals surface area (Å²) in [5.74, 6) is -1.22. The highest BCUT2D eigenvalue weighted by Crippen LogP contribution is 2.03. The molecular formula is C6H7N4O3. The Morgan fingerprint density at radius 3 is 2.69 bits per heavy atom. The minimum atomic E-state index is -0.839. The Morgan fingerprint density at radius 1 is 1.54 bits per heavy atom. The van der Waals surface area contributed by atoms with Crippen molar-refractivity contribution in [2.24, 2.45) is 5.73 Å². The lowest BCUT2D eigenvalue weighted by Gasteiger charge is -1.94. The fraction of sp³-hybridized carbons (Fsp3) is 0.167. The summed E-state index contributed by atoms with van der Waals surface area (Å²) < 4.78 is 4.81. The molecular weight excluding hydrogens is 176 g/mol. The van der Waals surface area contributed by atoms with Crippen molar-refractivity contribution in [2.45, 2.75) is 6.92 Å².